The number of likely N-dealkylation sites (tertiary alicyclic amines) is 1. The van der Waals surface area contributed by atoms with Gasteiger partial charge in [0.1, 0.15) is 17.4 Å². The monoisotopic (exact) mass is 470 g/mol. The second-order valence-electron chi connectivity index (χ2n) is 8.89. The molecule has 3 heterocycles. The molecule has 0 radical (unpaired) electrons. The van der Waals surface area contributed by atoms with Gasteiger partial charge in [0, 0.05) is 56.3 Å². The Morgan fingerprint density at radius 2 is 1.83 bits per heavy atom. The number of nitrogens with one attached hydrogen (secondary N) is 1. The molecule has 0 bridgehead atoms. The van der Waals surface area contributed by atoms with Crippen molar-refractivity contribution < 1.29 is 19.1 Å². The molecule has 2 aromatic carbocycles. The van der Waals surface area contributed by atoms with Crippen LogP contribution < -0.4 is 10.1 Å². The zero-order chi connectivity index (χ0) is 24.4. The standard InChI is InChI=1S/C27H26N4O4/c1-30-26-20(25(29-30)21-11-12-23(32)28-27(21)34)8-5-9-22(26)35-19-14-16-31(17-15-19)24(33)13-10-18-6-3-2-4-7-18/h2-9,19,21H,11-12,14-17H2,1H3,(H,28,32,34). The lowest BCUT2D eigenvalue weighted by Crippen LogP contribution is -2.41. The van der Waals surface area contributed by atoms with Crippen molar-refractivity contribution in [3.63, 3.8) is 0 Å². The maximum Gasteiger partial charge on any atom is 0.298 e. The first-order valence-corrected chi connectivity index (χ1v) is 11.8. The summed E-state index contributed by atoms with van der Waals surface area (Å²) in [5.74, 6) is 5.18. The van der Waals surface area contributed by atoms with Crippen LogP contribution in [0.2, 0.25) is 0 Å². The third-order valence-corrected chi connectivity index (χ3v) is 6.54. The smallest absolute Gasteiger partial charge is 0.298 e. The van der Waals surface area contributed by atoms with Crippen LogP contribution in [0, 0.1) is 11.8 Å². The second kappa shape index (κ2) is 9.63. The van der Waals surface area contributed by atoms with E-state index in [0.29, 0.717) is 50.2 Å². The van der Waals surface area contributed by atoms with Crippen molar-refractivity contribution in [1.29, 1.82) is 0 Å². The number of hydrogen-bond acceptors (Lipinski definition) is 5. The zero-order valence-electron chi connectivity index (χ0n) is 19.5. The molecule has 0 spiro atoms. The lowest BCUT2D eigenvalue weighted by Gasteiger charge is -2.31. The van der Waals surface area contributed by atoms with E-state index in [-0.39, 0.29) is 23.8 Å². The van der Waals surface area contributed by atoms with Gasteiger partial charge in [-0.15, -0.1) is 0 Å². The molecule has 1 aromatic heterocycles. The number of para-hydroxylation sites is 1. The predicted octanol–water partition coefficient (Wildman–Crippen LogP) is 2.52. The van der Waals surface area contributed by atoms with Gasteiger partial charge in [0.25, 0.3) is 5.91 Å². The minimum atomic E-state index is -0.460. The van der Waals surface area contributed by atoms with Crippen LogP contribution in [-0.2, 0) is 21.4 Å². The Kier molecular flexibility index (Phi) is 6.23. The van der Waals surface area contributed by atoms with E-state index in [2.05, 4.69) is 22.3 Å². The largest absolute Gasteiger partial charge is 0.488 e. The van der Waals surface area contributed by atoms with Crippen molar-refractivity contribution in [2.45, 2.75) is 37.7 Å². The number of aromatic nitrogens is 2. The molecule has 3 aromatic rings. The Labute approximate surface area is 203 Å². The summed E-state index contributed by atoms with van der Waals surface area (Å²) >= 11 is 0. The van der Waals surface area contributed by atoms with Crippen LogP contribution in [0.15, 0.2) is 48.5 Å². The van der Waals surface area contributed by atoms with Crippen LogP contribution in [0.5, 0.6) is 5.75 Å². The summed E-state index contributed by atoms with van der Waals surface area (Å²) in [6.07, 6.45) is 2.11. The maximum absolute atomic E-state index is 12.5. The molecule has 0 aliphatic carbocycles. The first-order chi connectivity index (χ1) is 17.0. The topological polar surface area (TPSA) is 93.5 Å². The number of piperidine rings is 2. The summed E-state index contributed by atoms with van der Waals surface area (Å²) in [4.78, 5) is 38.2. The first-order valence-electron chi connectivity index (χ1n) is 11.8. The minimum Gasteiger partial charge on any atom is -0.488 e. The van der Waals surface area contributed by atoms with Gasteiger partial charge in [-0.05, 0) is 24.6 Å². The molecule has 1 N–H and O–H groups in total. The van der Waals surface area contributed by atoms with Crippen molar-refractivity contribution in [2.75, 3.05) is 13.1 Å². The highest BCUT2D eigenvalue weighted by Crippen LogP contribution is 2.35. The van der Waals surface area contributed by atoms with Gasteiger partial charge in [0.15, 0.2) is 0 Å². The molecule has 2 aliphatic rings. The normalized spacial score (nSPS) is 18.7. The molecule has 2 saturated heterocycles. The number of fused-ring (bicyclic) bond motifs is 1. The quantitative estimate of drug-likeness (QED) is 0.469. The fraction of sp³-hybridized carbons (Fsp3) is 0.333. The number of aryl methyl sites for hydroxylation is 1. The summed E-state index contributed by atoms with van der Waals surface area (Å²) in [7, 11) is 1.83. The van der Waals surface area contributed by atoms with Crippen molar-refractivity contribution in [3.8, 4) is 17.6 Å². The van der Waals surface area contributed by atoms with E-state index < -0.39 is 5.92 Å². The third-order valence-electron chi connectivity index (χ3n) is 6.54. The van der Waals surface area contributed by atoms with Crippen molar-refractivity contribution in [3.05, 3.63) is 59.8 Å². The molecule has 8 heteroatoms. The molecule has 8 nitrogen and oxygen atoms in total. The van der Waals surface area contributed by atoms with Gasteiger partial charge < -0.3 is 9.64 Å². The van der Waals surface area contributed by atoms with E-state index in [0.717, 1.165) is 16.5 Å². The molecule has 3 amide bonds. The number of rotatable bonds is 3. The molecular weight excluding hydrogens is 444 g/mol. The van der Waals surface area contributed by atoms with E-state index in [1.165, 1.54) is 0 Å². The average molecular weight is 471 g/mol. The number of ether oxygens (including phenoxy) is 1. The van der Waals surface area contributed by atoms with Gasteiger partial charge in [-0.1, -0.05) is 36.3 Å². The number of nitrogens with zero attached hydrogens (tertiary/aromatic N) is 3. The molecule has 0 saturated carbocycles. The van der Waals surface area contributed by atoms with Gasteiger partial charge in [0.05, 0.1) is 11.6 Å². The number of hydrogen-bond donors (Lipinski definition) is 1. The fourth-order valence-corrected chi connectivity index (χ4v) is 4.72. The van der Waals surface area contributed by atoms with Crippen molar-refractivity contribution in [2.24, 2.45) is 7.05 Å². The van der Waals surface area contributed by atoms with Gasteiger partial charge in [-0.2, -0.15) is 5.10 Å². The van der Waals surface area contributed by atoms with Crippen LogP contribution in [0.1, 0.15) is 42.9 Å². The molecule has 2 fully saturated rings. The second-order valence-corrected chi connectivity index (χ2v) is 8.89. The van der Waals surface area contributed by atoms with Gasteiger partial charge in [-0.3, -0.25) is 24.4 Å². The summed E-state index contributed by atoms with van der Waals surface area (Å²) in [5, 5.41) is 7.88. The molecular formula is C27H26N4O4. The molecule has 178 valence electrons. The van der Waals surface area contributed by atoms with Crippen molar-refractivity contribution >= 4 is 28.6 Å². The number of carbonyl (C=O) groups is 3. The third kappa shape index (κ3) is 4.76. The lowest BCUT2D eigenvalue weighted by molar-refractivity contribution is -0.134. The maximum atomic E-state index is 12.5. The highest BCUT2D eigenvalue weighted by atomic mass is 16.5. The molecule has 2 aliphatic heterocycles. The minimum absolute atomic E-state index is 0.0410. The van der Waals surface area contributed by atoms with E-state index in [9.17, 15) is 14.4 Å². The van der Waals surface area contributed by atoms with Crippen LogP contribution in [0.4, 0.5) is 0 Å². The van der Waals surface area contributed by atoms with E-state index >= 15 is 0 Å². The Morgan fingerprint density at radius 3 is 2.57 bits per heavy atom. The molecule has 5 rings (SSSR count). The highest BCUT2D eigenvalue weighted by Gasteiger charge is 2.32. The van der Waals surface area contributed by atoms with E-state index in [1.54, 1.807) is 9.58 Å². The summed E-state index contributed by atoms with van der Waals surface area (Å²) in [5.41, 5.74) is 2.30. The molecule has 1 unspecified atom stereocenters. The number of amides is 3. The SMILES string of the molecule is Cn1nc(C2CCC(=O)NC2=O)c2cccc(OC3CCN(C(=O)C#Cc4ccccc4)CC3)c21. The Hall–Kier alpha value is -4.12. The van der Waals surface area contributed by atoms with Crippen LogP contribution in [-0.4, -0.2) is 51.6 Å². The van der Waals surface area contributed by atoms with Gasteiger partial charge in [-0.25, -0.2) is 0 Å². The predicted molar refractivity (Wildman–Crippen MR) is 129 cm³/mol. The Morgan fingerprint density at radius 1 is 1.06 bits per heavy atom. The van der Waals surface area contributed by atoms with Crippen LogP contribution in [0.25, 0.3) is 10.9 Å². The average Bonchev–Trinajstić information content (AvgIpc) is 3.20. The fourth-order valence-electron chi connectivity index (χ4n) is 4.72. The number of carbonyl (C=O) groups excluding carboxylic acids is 3. The van der Waals surface area contributed by atoms with E-state index in [4.69, 9.17) is 4.74 Å². The van der Waals surface area contributed by atoms with E-state index in [1.807, 2.05) is 55.6 Å². The summed E-state index contributed by atoms with van der Waals surface area (Å²) in [6, 6.07) is 15.2. The zero-order valence-corrected chi connectivity index (χ0v) is 19.5. The highest BCUT2D eigenvalue weighted by molar-refractivity contribution is 6.03. The number of benzene rings is 2. The Bertz CT molecular complexity index is 1340. The van der Waals surface area contributed by atoms with Crippen molar-refractivity contribution in [1.82, 2.24) is 20.0 Å². The van der Waals surface area contributed by atoms with Crippen LogP contribution >= 0.6 is 0 Å². The summed E-state index contributed by atoms with van der Waals surface area (Å²) < 4.78 is 8.10. The lowest BCUT2D eigenvalue weighted by atomic mass is 9.93. The Balaban J connectivity index is 1.27. The molecule has 35 heavy (non-hydrogen) atoms. The summed E-state index contributed by atoms with van der Waals surface area (Å²) in [6.45, 7) is 1.16. The number of imide groups is 1. The molecule has 1 atom stereocenters. The first kappa shape index (κ1) is 22.7. The van der Waals surface area contributed by atoms with Gasteiger partial charge in [0.2, 0.25) is 11.8 Å². The van der Waals surface area contributed by atoms with Crippen LogP contribution in [0.3, 0.4) is 0 Å². The van der Waals surface area contributed by atoms with Gasteiger partial charge >= 0.3 is 0 Å².